The highest BCUT2D eigenvalue weighted by atomic mass is 16.4. The minimum absolute atomic E-state index is 0.176. The van der Waals surface area contributed by atoms with Gasteiger partial charge in [-0.1, -0.05) is 6.58 Å². The molecule has 0 aromatic carbocycles. The number of aliphatic carboxylic acids is 3. The average Bonchev–Trinajstić information content (AvgIpc) is 1.88. The lowest BCUT2D eigenvalue weighted by Gasteiger charge is -1.79. The first-order chi connectivity index (χ1) is 5.29. The third-order valence-corrected chi connectivity index (χ3v) is 0.548. The van der Waals surface area contributed by atoms with Gasteiger partial charge < -0.3 is 15.3 Å². The Morgan fingerprint density at radius 2 is 1.08 bits per heavy atom. The summed E-state index contributed by atoms with van der Waals surface area (Å²) in [6, 6.07) is 0. The summed E-state index contributed by atoms with van der Waals surface area (Å²) in [5, 5.41) is 22.7. The van der Waals surface area contributed by atoms with Crippen LogP contribution in [0, 0.1) is 0 Å². The molecule has 0 spiro atoms. The molecule has 0 rings (SSSR count). The molecule has 3 N–H and O–H groups in total. The molecule has 12 heavy (non-hydrogen) atoms. The van der Waals surface area contributed by atoms with Crippen LogP contribution in [0.5, 0.6) is 0 Å². The maximum atomic E-state index is 9.60. The van der Waals surface area contributed by atoms with Gasteiger partial charge in [-0.15, -0.1) is 0 Å². The van der Waals surface area contributed by atoms with Crippen molar-refractivity contribution < 1.29 is 29.7 Å². The van der Waals surface area contributed by atoms with E-state index in [4.69, 9.17) is 24.9 Å². The van der Waals surface area contributed by atoms with Gasteiger partial charge in [-0.2, -0.15) is 0 Å². The minimum Gasteiger partial charge on any atom is -0.478 e. The van der Waals surface area contributed by atoms with E-state index in [-0.39, 0.29) is 5.57 Å². The summed E-state index contributed by atoms with van der Waals surface area (Å²) < 4.78 is 0. The molecule has 0 aliphatic rings. The second-order valence-electron chi connectivity index (χ2n) is 1.70. The summed E-state index contributed by atoms with van der Waals surface area (Å²) >= 11 is 0. The van der Waals surface area contributed by atoms with Gasteiger partial charge in [0, 0.05) is 5.57 Å². The van der Waals surface area contributed by atoms with Crippen molar-refractivity contribution in [2.24, 2.45) is 0 Å². The van der Waals surface area contributed by atoms with Crippen LogP contribution in [-0.4, -0.2) is 33.2 Å². The topological polar surface area (TPSA) is 112 Å². The van der Waals surface area contributed by atoms with Crippen molar-refractivity contribution in [1.29, 1.82) is 0 Å². The molecule has 0 radical (unpaired) electrons. The first kappa shape index (κ1) is 12.8. The maximum absolute atomic E-state index is 9.60. The second-order valence-corrected chi connectivity index (χ2v) is 1.70. The van der Waals surface area contributed by atoms with E-state index in [2.05, 4.69) is 6.58 Å². The fraction of sp³-hybridized carbons (Fsp3) is 0.167. The summed E-state index contributed by atoms with van der Waals surface area (Å²) in [7, 11) is 0. The van der Waals surface area contributed by atoms with Crippen LogP contribution in [0.15, 0.2) is 12.2 Å². The first-order valence-electron chi connectivity index (χ1n) is 2.64. The van der Waals surface area contributed by atoms with Gasteiger partial charge in [0.2, 0.25) is 0 Å². The average molecular weight is 176 g/mol. The first-order valence-corrected chi connectivity index (χ1v) is 2.64. The summed E-state index contributed by atoms with van der Waals surface area (Å²) in [6.07, 6.45) is 0. The molecule has 6 heteroatoms. The van der Waals surface area contributed by atoms with Crippen LogP contribution >= 0.6 is 0 Å². The van der Waals surface area contributed by atoms with Crippen LogP contribution in [0.2, 0.25) is 0 Å². The molecule has 0 bridgehead atoms. The molecule has 0 heterocycles. The van der Waals surface area contributed by atoms with E-state index >= 15 is 0 Å². The lowest BCUT2D eigenvalue weighted by Crippen LogP contribution is -2.09. The Balaban J connectivity index is 0. The van der Waals surface area contributed by atoms with Gasteiger partial charge in [0.15, 0.2) is 0 Å². The molecule has 0 saturated heterocycles. The molecule has 0 atom stereocenters. The Hall–Kier alpha value is -1.85. The van der Waals surface area contributed by atoms with Gasteiger partial charge in [0.05, 0.1) is 0 Å². The molecular weight excluding hydrogens is 168 g/mol. The van der Waals surface area contributed by atoms with Gasteiger partial charge >= 0.3 is 17.9 Å². The summed E-state index contributed by atoms with van der Waals surface area (Å²) in [5.74, 6) is -4.58. The van der Waals surface area contributed by atoms with E-state index in [9.17, 15) is 4.79 Å². The van der Waals surface area contributed by atoms with E-state index in [1.54, 1.807) is 0 Å². The third kappa shape index (κ3) is 11.0. The van der Waals surface area contributed by atoms with Gasteiger partial charge in [0.1, 0.15) is 0 Å². The second kappa shape index (κ2) is 5.90. The molecule has 6 nitrogen and oxygen atoms in total. The van der Waals surface area contributed by atoms with Crippen molar-refractivity contribution in [2.75, 3.05) is 0 Å². The summed E-state index contributed by atoms with van der Waals surface area (Å²) in [4.78, 5) is 27.8. The minimum atomic E-state index is -1.82. The molecule has 0 aromatic rings. The fourth-order valence-corrected chi connectivity index (χ4v) is 0. The summed E-state index contributed by atoms with van der Waals surface area (Å²) in [6.45, 7) is 4.60. The number of hydrogen-bond donors (Lipinski definition) is 3. The van der Waals surface area contributed by atoms with Gasteiger partial charge in [-0.25, -0.2) is 14.4 Å². The van der Waals surface area contributed by atoms with E-state index < -0.39 is 17.9 Å². The predicted molar refractivity (Wildman–Crippen MR) is 37.7 cm³/mol. The molecule has 0 saturated carbocycles. The quantitative estimate of drug-likeness (QED) is 0.377. The lowest BCUT2D eigenvalue weighted by atomic mass is 10.4. The van der Waals surface area contributed by atoms with Crippen LogP contribution in [0.25, 0.3) is 0 Å². The van der Waals surface area contributed by atoms with Gasteiger partial charge in [-0.05, 0) is 6.92 Å². The normalized spacial score (nSPS) is 7.42. The Morgan fingerprint density at radius 3 is 1.08 bits per heavy atom. The maximum Gasteiger partial charge on any atom is 0.414 e. The molecule has 0 aliphatic carbocycles. The Kier molecular flexibility index (Phi) is 6.29. The smallest absolute Gasteiger partial charge is 0.414 e. The van der Waals surface area contributed by atoms with Crippen LogP contribution in [0.3, 0.4) is 0 Å². The van der Waals surface area contributed by atoms with Crippen LogP contribution in [0.4, 0.5) is 0 Å². The highest BCUT2D eigenvalue weighted by Crippen LogP contribution is 1.81. The van der Waals surface area contributed by atoms with Crippen LogP contribution in [-0.2, 0) is 14.4 Å². The van der Waals surface area contributed by atoms with E-state index in [1.807, 2.05) is 0 Å². The highest BCUT2D eigenvalue weighted by Gasteiger charge is 2.04. The molecule has 0 aromatic heterocycles. The molecular formula is C6H8O6. The van der Waals surface area contributed by atoms with Crippen LogP contribution < -0.4 is 0 Å². The standard InChI is InChI=1S/C4H6O2.C2H2O4/c1-3(2)4(5)6;3-1(4)2(5)6/h1H2,2H3,(H,5,6);(H,3,4)(H,5,6). The number of hydrogen-bond acceptors (Lipinski definition) is 3. The van der Waals surface area contributed by atoms with Crippen molar-refractivity contribution in [1.82, 2.24) is 0 Å². The zero-order valence-electron chi connectivity index (χ0n) is 6.27. The van der Waals surface area contributed by atoms with Crippen molar-refractivity contribution in [2.45, 2.75) is 6.92 Å². The Bertz CT molecular complexity index is 168. The van der Waals surface area contributed by atoms with Gasteiger partial charge in [0.25, 0.3) is 0 Å². The highest BCUT2D eigenvalue weighted by molar-refractivity contribution is 6.27. The largest absolute Gasteiger partial charge is 0.478 e. The SMILES string of the molecule is C=C(C)C(=O)O.O=C(O)C(=O)O. The Morgan fingerprint density at radius 1 is 0.917 bits per heavy atom. The zero-order chi connectivity index (χ0) is 10.3. The number of carbonyl (C=O) groups is 3. The van der Waals surface area contributed by atoms with E-state index in [0.29, 0.717) is 0 Å². The van der Waals surface area contributed by atoms with Crippen molar-refractivity contribution >= 4 is 17.9 Å². The fourth-order valence-electron chi connectivity index (χ4n) is 0. The number of carboxylic acids is 3. The van der Waals surface area contributed by atoms with E-state index in [1.165, 1.54) is 6.92 Å². The van der Waals surface area contributed by atoms with Crippen molar-refractivity contribution in [3.63, 3.8) is 0 Å². The number of carboxylic acid groups (broad SMARTS) is 3. The lowest BCUT2D eigenvalue weighted by molar-refractivity contribution is -0.159. The third-order valence-electron chi connectivity index (χ3n) is 0.548. The summed E-state index contributed by atoms with van der Waals surface area (Å²) in [5.41, 5.74) is 0.176. The molecule has 0 unspecified atom stereocenters. The van der Waals surface area contributed by atoms with Gasteiger partial charge in [-0.3, -0.25) is 0 Å². The Labute approximate surface area is 67.7 Å². The monoisotopic (exact) mass is 176 g/mol. The van der Waals surface area contributed by atoms with E-state index in [0.717, 1.165) is 0 Å². The molecule has 0 aliphatic heterocycles. The van der Waals surface area contributed by atoms with Crippen molar-refractivity contribution in [3.8, 4) is 0 Å². The number of rotatable bonds is 1. The predicted octanol–water partition coefficient (Wildman–Crippen LogP) is -0.197. The zero-order valence-corrected chi connectivity index (χ0v) is 6.27. The molecule has 68 valence electrons. The van der Waals surface area contributed by atoms with Crippen LogP contribution in [0.1, 0.15) is 6.92 Å². The van der Waals surface area contributed by atoms with Crippen molar-refractivity contribution in [3.05, 3.63) is 12.2 Å². The molecule has 0 fully saturated rings. The molecule has 0 amide bonds.